The molecular weight excluding hydrogens is 728 g/mol. The molecular formula is C40H98N3O9P2+. The molecule has 8 N–H and O–H groups in total. The lowest BCUT2D eigenvalue weighted by Crippen LogP contribution is -2.35. The second kappa shape index (κ2) is 45.2. The van der Waals surface area contributed by atoms with Crippen LogP contribution < -0.4 is 4.89 Å². The van der Waals surface area contributed by atoms with Gasteiger partial charge in [0, 0.05) is 5.82 Å². The molecule has 0 aromatic carbocycles. The Morgan fingerprint density at radius 1 is 0.444 bits per heavy atom. The molecule has 0 amide bonds. The van der Waals surface area contributed by atoms with Crippen LogP contribution in [0.25, 0.3) is 0 Å². The van der Waals surface area contributed by atoms with E-state index >= 15 is 0 Å². The van der Waals surface area contributed by atoms with E-state index in [-0.39, 0.29) is 16.4 Å². The monoisotopic (exact) mass is 827 g/mol. The summed E-state index contributed by atoms with van der Waals surface area (Å²) in [4.78, 5) is 32.8. The normalized spacial score (nSPS) is 12.0. The van der Waals surface area contributed by atoms with E-state index in [2.05, 4.69) is 97.4 Å². The van der Waals surface area contributed by atoms with Gasteiger partial charge in [0.05, 0.1) is 83.1 Å². The van der Waals surface area contributed by atoms with Gasteiger partial charge in [-0.25, -0.2) is 0 Å². The average molecular weight is 827 g/mol. The molecule has 0 aliphatic heterocycles. The van der Waals surface area contributed by atoms with Crippen LogP contribution >= 0.6 is 15.2 Å². The van der Waals surface area contributed by atoms with Crippen LogP contribution in [0.5, 0.6) is 0 Å². The van der Waals surface area contributed by atoms with Crippen molar-refractivity contribution >= 4 is 15.2 Å². The molecule has 0 aliphatic rings. The first-order valence-corrected chi connectivity index (χ1v) is 23.4. The molecule has 0 heterocycles. The summed E-state index contributed by atoms with van der Waals surface area (Å²) >= 11 is 0. The van der Waals surface area contributed by atoms with Gasteiger partial charge in [0.1, 0.15) is 0 Å². The third-order valence-corrected chi connectivity index (χ3v) is 8.70. The zero-order chi connectivity index (χ0) is 40.9. The smallest absolute Gasteiger partial charge is 0.348 e. The summed E-state index contributed by atoms with van der Waals surface area (Å²) in [6, 6.07) is 0. The van der Waals surface area contributed by atoms with Crippen LogP contribution in [0.1, 0.15) is 156 Å². The topological polar surface area (TPSA) is 211 Å². The Balaban J connectivity index is -0.0000000833. The van der Waals surface area contributed by atoms with E-state index in [1.54, 1.807) is 0 Å². The van der Waals surface area contributed by atoms with Crippen molar-refractivity contribution in [3.63, 3.8) is 0 Å². The molecule has 14 heteroatoms. The van der Waals surface area contributed by atoms with Gasteiger partial charge in [0.2, 0.25) is 0 Å². The van der Waals surface area contributed by atoms with E-state index in [0.717, 1.165) is 13.4 Å². The highest BCUT2D eigenvalue weighted by molar-refractivity contribution is 7.55. The molecule has 0 bridgehead atoms. The summed E-state index contributed by atoms with van der Waals surface area (Å²) in [6.07, 6.45) is 29.9. The summed E-state index contributed by atoms with van der Waals surface area (Å²) in [5, 5.41) is 0. The summed E-state index contributed by atoms with van der Waals surface area (Å²) in [6.45, 7) is 16.5. The van der Waals surface area contributed by atoms with Gasteiger partial charge in [0.25, 0.3) is 0 Å². The molecule has 0 saturated heterocycles. The van der Waals surface area contributed by atoms with Gasteiger partial charge in [-0.2, -0.15) is 0 Å². The molecule has 0 aliphatic carbocycles. The summed E-state index contributed by atoms with van der Waals surface area (Å²) in [5.74, 6) is 1.10. The summed E-state index contributed by atoms with van der Waals surface area (Å²) in [5.41, 5.74) is 0. The van der Waals surface area contributed by atoms with E-state index in [9.17, 15) is 14.0 Å². The SMILES string of the molecule is C=CP(=O)(O)O.C=CP(=O)([O-])O.CCCCCCCCC[N+](C)(C)C.CCCCCCCCC[N+](C)(C)C.CCCCCCCCC[N+](C)(C)C.O.O.[OH-]. The highest BCUT2D eigenvalue weighted by Gasteiger charge is 2.06. The molecule has 0 radical (unpaired) electrons. The number of nitrogens with zero attached hydrogens (tertiary/aromatic N) is 3. The van der Waals surface area contributed by atoms with E-state index < -0.39 is 15.2 Å². The van der Waals surface area contributed by atoms with Crippen LogP contribution in [0.4, 0.5) is 0 Å². The number of rotatable bonds is 26. The fourth-order valence-electron chi connectivity index (χ4n) is 4.63. The molecule has 0 aromatic heterocycles. The predicted molar refractivity (Wildman–Crippen MR) is 234 cm³/mol. The molecule has 0 aromatic rings. The highest BCUT2D eigenvalue weighted by atomic mass is 31.2. The van der Waals surface area contributed by atoms with Gasteiger partial charge < -0.3 is 54.0 Å². The number of hydrogen-bond donors (Lipinski definition) is 3. The fourth-order valence-corrected chi connectivity index (χ4v) is 4.63. The maximum absolute atomic E-state index is 9.58. The Kier molecular flexibility index (Phi) is 59.7. The van der Waals surface area contributed by atoms with Crippen molar-refractivity contribution in [2.75, 3.05) is 83.1 Å². The molecule has 0 spiro atoms. The molecule has 0 rings (SSSR count). The minimum absolute atomic E-state index is 0. The standard InChI is InChI=1S/3C12H28N.2C2H5O3P.3H2O/c3*1-5-6-7-8-9-10-11-12-13(2,3)4;2*1-2-6(3,4)5;;;/h3*5-12H2,1-4H3;2*2H,1H2,(H2,3,4,5);3*1H2/q3*+1;;;;;/p-2. The van der Waals surface area contributed by atoms with Gasteiger partial charge in [0.15, 0.2) is 7.60 Å². The van der Waals surface area contributed by atoms with Gasteiger partial charge in [-0.1, -0.05) is 130 Å². The summed E-state index contributed by atoms with van der Waals surface area (Å²) in [7, 11) is 12.5. The minimum Gasteiger partial charge on any atom is -0.870 e. The van der Waals surface area contributed by atoms with E-state index in [1.165, 1.54) is 154 Å². The Morgan fingerprint density at radius 2 is 0.593 bits per heavy atom. The molecule has 12 nitrogen and oxygen atoms in total. The van der Waals surface area contributed by atoms with Crippen LogP contribution in [0, 0.1) is 0 Å². The van der Waals surface area contributed by atoms with Gasteiger partial charge in [-0.05, 0) is 44.3 Å². The average Bonchev–Trinajstić information content (AvgIpc) is 2.99. The van der Waals surface area contributed by atoms with E-state index in [0.29, 0.717) is 11.6 Å². The van der Waals surface area contributed by atoms with Gasteiger partial charge in [-0.15, -0.1) is 0 Å². The van der Waals surface area contributed by atoms with Crippen LogP contribution in [0.15, 0.2) is 24.8 Å². The Morgan fingerprint density at radius 3 is 0.704 bits per heavy atom. The number of hydrogen-bond acceptors (Lipinski definition) is 4. The van der Waals surface area contributed by atoms with Crippen LogP contribution in [0.3, 0.4) is 0 Å². The first kappa shape index (κ1) is 71.3. The Bertz CT molecular complexity index is 741. The van der Waals surface area contributed by atoms with Crippen LogP contribution in [0.2, 0.25) is 0 Å². The Hall–Kier alpha value is -0.460. The lowest BCUT2D eigenvalue weighted by molar-refractivity contribution is -0.870. The maximum Gasteiger partial charge on any atom is 0.348 e. The van der Waals surface area contributed by atoms with Crippen molar-refractivity contribution < 1.29 is 58.6 Å². The van der Waals surface area contributed by atoms with Crippen LogP contribution in [-0.2, 0) is 9.13 Å². The predicted octanol–water partition coefficient (Wildman–Crippen LogP) is 8.49. The lowest BCUT2D eigenvalue weighted by atomic mass is 10.1. The van der Waals surface area contributed by atoms with Crippen molar-refractivity contribution in [3.8, 4) is 0 Å². The van der Waals surface area contributed by atoms with E-state index in [4.69, 9.17) is 14.7 Å². The number of quaternary nitrogens is 3. The first-order valence-electron chi connectivity index (χ1n) is 20.1. The first-order chi connectivity index (χ1) is 23.3. The Labute approximate surface area is 336 Å². The molecule has 54 heavy (non-hydrogen) atoms. The molecule has 1 unspecified atom stereocenters. The molecule has 0 saturated carbocycles. The quantitative estimate of drug-likeness (QED) is 0.0439. The van der Waals surface area contributed by atoms with Gasteiger partial charge >= 0.3 is 7.60 Å². The molecule has 336 valence electrons. The second-order valence-electron chi connectivity index (χ2n) is 16.9. The van der Waals surface area contributed by atoms with Crippen molar-refractivity contribution in [1.29, 1.82) is 0 Å². The van der Waals surface area contributed by atoms with Crippen molar-refractivity contribution in [3.05, 3.63) is 24.8 Å². The number of unbranched alkanes of at least 4 members (excludes halogenated alkanes) is 18. The maximum atomic E-state index is 9.58. The third kappa shape index (κ3) is 104. The summed E-state index contributed by atoms with van der Waals surface area (Å²) < 4.78 is 22.4. The second-order valence-corrected chi connectivity index (χ2v) is 20.0. The zero-order valence-electron chi connectivity index (χ0n) is 37.8. The zero-order valence-corrected chi connectivity index (χ0v) is 39.6. The van der Waals surface area contributed by atoms with Crippen LogP contribution in [-0.4, -0.2) is 128 Å². The van der Waals surface area contributed by atoms with Crippen molar-refractivity contribution in [2.24, 2.45) is 0 Å². The largest absolute Gasteiger partial charge is 0.870 e. The van der Waals surface area contributed by atoms with Gasteiger partial charge in [-0.3, -0.25) is 4.57 Å². The fraction of sp³-hybridized carbons (Fsp3) is 0.900. The lowest BCUT2D eigenvalue weighted by Gasteiger charge is -2.23. The molecule has 0 fully saturated rings. The highest BCUT2D eigenvalue weighted by Crippen LogP contribution is 2.34. The van der Waals surface area contributed by atoms with Crippen molar-refractivity contribution in [1.82, 2.24) is 0 Å². The minimum atomic E-state index is -4.13. The van der Waals surface area contributed by atoms with E-state index in [1.807, 2.05) is 0 Å². The van der Waals surface area contributed by atoms with Crippen molar-refractivity contribution in [2.45, 2.75) is 156 Å². The molecule has 1 atom stereocenters. The third-order valence-electron chi connectivity index (χ3n) is 7.77.